The molecule has 0 fully saturated rings. The molecule has 0 N–H and O–H groups in total. The van der Waals surface area contributed by atoms with Gasteiger partial charge in [0.15, 0.2) is 0 Å². The molecule has 3 aromatic rings. The van der Waals surface area contributed by atoms with Crippen LogP contribution in [-0.4, -0.2) is 34.0 Å². The largest absolute Gasteiger partial charge is 0.466 e. The Hall–Kier alpha value is -3.65. The summed E-state index contributed by atoms with van der Waals surface area (Å²) in [4.78, 5) is 24.9. The molecule has 3 aromatic carbocycles. The summed E-state index contributed by atoms with van der Waals surface area (Å²) in [5, 5.41) is 0. The molecule has 0 saturated carbocycles. The average Bonchev–Trinajstić information content (AvgIpc) is 2.83. The molecule has 0 radical (unpaired) electrons. The van der Waals surface area contributed by atoms with Gasteiger partial charge in [-0.25, -0.2) is 18.0 Å². The smallest absolute Gasteiger partial charge is 0.351 e. The highest BCUT2D eigenvalue weighted by Crippen LogP contribution is 2.25. The molecule has 3 rings (SSSR count). The lowest BCUT2D eigenvalue weighted by atomic mass is 10.1. The second-order valence-electron chi connectivity index (χ2n) is 6.75. The van der Waals surface area contributed by atoms with Crippen molar-refractivity contribution < 1.29 is 27.5 Å². The minimum atomic E-state index is -3.93. The number of benzene rings is 3. The molecule has 0 aliphatic heterocycles. The van der Waals surface area contributed by atoms with Crippen LogP contribution < -0.4 is 4.31 Å². The predicted octanol–water partition coefficient (Wildman–Crippen LogP) is 3.97. The number of hydrogen-bond acceptors (Lipinski definition) is 6. The highest BCUT2D eigenvalue weighted by Gasteiger charge is 2.28. The predicted molar refractivity (Wildman–Crippen MR) is 120 cm³/mol. The van der Waals surface area contributed by atoms with Crippen LogP contribution in [0.25, 0.3) is 0 Å². The van der Waals surface area contributed by atoms with Crippen molar-refractivity contribution in [3.05, 3.63) is 96.1 Å². The van der Waals surface area contributed by atoms with Crippen LogP contribution in [0.4, 0.5) is 5.69 Å². The summed E-state index contributed by atoms with van der Waals surface area (Å²) in [6, 6.07) is 22.7. The zero-order chi connectivity index (χ0) is 23.1. The van der Waals surface area contributed by atoms with E-state index in [0.717, 1.165) is 0 Å². The molecule has 0 aliphatic rings. The number of methoxy groups -OCH3 is 1. The SMILES string of the molecule is CCN(c1ccccc1)S(=O)(=O)c1cccc(C(=O)OC(C(=O)OC)c2ccccc2)c1. The molecule has 7 nitrogen and oxygen atoms in total. The molecule has 0 spiro atoms. The lowest BCUT2D eigenvalue weighted by molar-refractivity contribution is -0.151. The van der Waals surface area contributed by atoms with Gasteiger partial charge in [0, 0.05) is 12.1 Å². The first-order valence-electron chi connectivity index (χ1n) is 9.90. The van der Waals surface area contributed by atoms with Crippen LogP contribution in [0.3, 0.4) is 0 Å². The van der Waals surface area contributed by atoms with Crippen LogP contribution in [-0.2, 0) is 24.3 Å². The van der Waals surface area contributed by atoms with Crippen LogP contribution in [0, 0.1) is 0 Å². The van der Waals surface area contributed by atoms with Gasteiger partial charge in [-0.1, -0.05) is 54.6 Å². The number of carbonyl (C=O) groups excluding carboxylic acids is 2. The van der Waals surface area contributed by atoms with Gasteiger partial charge in [0.1, 0.15) is 0 Å². The van der Waals surface area contributed by atoms with Crippen LogP contribution in [0.2, 0.25) is 0 Å². The second-order valence-corrected chi connectivity index (χ2v) is 8.61. The zero-order valence-corrected chi connectivity index (χ0v) is 18.5. The van der Waals surface area contributed by atoms with Crippen molar-refractivity contribution >= 4 is 27.6 Å². The molecule has 0 amide bonds. The van der Waals surface area contributed by atoms with Gasteiger partial charge in [0.25, 0.3) is 10.0 Å². The Labute approximate surface area is 187 Å². The molecule has 1 atom stereocenters. The van der Waals surface area contributed by atoms with Crippen LogP contribution in [0.15, 0.2) is 89.8 Å². The number of hydrogen-bond donors (Lipinski definition) is 0. The van der Waals surface area contributed by atoms with E-state index >= 15 is 0 Å². The maximum Gasteiger partial charge on any atom is 0.351 e. The van der Waals surface area contributed by atoms with E-state index in [0.29, 0.717) is 11.3 Å². The maximum atomic E-state index is 13.2. The molecule has 0 aliphatic carbocycles. The third kappa shape index (κ3) is 4.97. The van der Waals surface area contributed by atoms with Gasteiger partial charge < -0.3 is 9.47 Å². The van der Waals surface area contributed by atoms with Crippen molar-refractivity contribution in [3.63, 3.8) is 0 Å². The van der Waals surface area contributed by atoms with Crippen molar-refractivity contribution in [2.24, 2.45) is 0 Å². The van der Waals surface area contributed by atoms with Crippen molar-refractivity contribution in [2.45, 2.75) is 17.9 Å². The molecule has 0 aromatic heterocycles. The average molecular weight is 454 g/mol. The Kier molecular flexibility index (Phi) is 7.27. The van der Waals surface area contributed by atoms with E-state index in [2.05, 4.69) is 0 Å². The second kappa shape index (κ2) is 10.1. The zero-order valence-electron chi connectivity index (χ0n) is 17.7. The highest BCUT2D eigenvalue weighted by molar-refractivity contribution is 7.92. The summed E-state index contributed by atoms with van der Waals surface area (Å²) in [5.41, 5.74) is 0.954. The number of rotatable bonds is 8. The standard InChI is InChI=1S/C24H23NO6S/c1-3-25(20-14-8-5-9-15-20)32(28,29)21-16-10-13-19(17-21)23(26)31-22(24(27)30-2)18-11-6-4-7-12-18/h4-17,22H,3H2,1-2H3. The fourth-order valence-corrected chi connectivity index (χ4v) is 4.68. The van der Waals surface area contributed by atoms with Gasteiger partial charge in [0.05, 0.1) is 23.3 Å². The number of sulfonamides is 1. The van der Waals surface area contributed by atoms with Crippen LogP contribution >= 0.6 is 0 Å². The molecule has 0 saturated heterocycles. The van der Waals surface area contributed by atoms with Gasteiger partial charge in [-0.3, -0.25) is 4.31 Å². The van der Waals surface area contributed by atoms with Crippen LogP contribution in [0.1, 0.15) is 28.9 Å². The number of anilines is 1. The number of esters is 2. The van der Waals surface area contributed by atoms with E-state index in [4.69, 9.17) is 9.47 Å². The Bertz CT molecular complexity index is 1180. The molecule has 32 heavy (non-hydrogen) atoms. The first-order valence-corrected chi connectivity index (χ1v) is 11.3. The summed E-state index contributed by atoms with van der Waals surface area (Å²) in [7, 11) is -2.73. The van der Waals surface area contributed by atoms with E-state index in [1.54, 1.807) is 67.6 Å². The lowest BCUT2D eigenvalue weighted by Crippen LogP contribution is -2.31. The summed E-state index contributed by atoms with van der Waals surface area (Å²) >= 11 is 0. The Morgan fingerprint density at radius 1 is 0.906 bits per heavy atom. The normalized spacial score (nSPS) is 11.9. The van der Waals surface area contributed by atoms with Crippen LogP contribution in [0.5, 0.6) is 0 Å². The summed E-state index contributed by atoms with van der Waals surface area (Å²) in [6.45, 7) is 1.93. The van der Waals surface area contributed by atoms with Gasteiger partial charge in [-0.05, 0) is 37.3 Å². The number of para-hydroxylation sites is 1. The first kappa shape index (κ1) is 23.0. The van der Waals surface area contributed by atoms with E-state index in [-0.39, 0.29) is 17.0 Å². The Morgan fingerprint density at radius 2 is 1.53 bits per heavy atom. The van der Waals surface area contributed by atoms with Crippen molar-refractivity contribution in [2.75, 3.05) is 18.0 Å². The fraction of sp³-hybridized carbons (Fsp3) is 0.167. The summed E-state index contributed by atoms with van der Waals surface area (Å²) in [6.07, 6.45) is -1.27. The topological polar surface area (TPSA) is 90.0 Å². The van der Waals surface area contributed by atoms with Crippen molar-refractivity contribution in [3.8, 4) is 0 Å². The first-order chi connectivity index (χ1) is 15.4. The van der Waals surface area contributed by atoms with Crippen molar-refractivity contribution in [1.29, 1.82) is 0 Å². The molecule has 0 bridgehead atoms. The Morgan fingerprint density at radius 3 is 2.12 bits per heavy atom. The van der Waals surface area contributed by atoms with E-state index in [1.807, 2.05) is 0 Å². The third-order valence-corrected chi connectivity index (χ3v) is 6.63. The van der Waals surface area contributed by atoms with E-state index in [1.165, 1.54) is 35.7 Å². The number of nitrogens with zero attached hydrogens (tertiary/aromatic N) is 1. The van der Waals surface area contributed by atoms with Gasteiger partial charge in [-0.2, -0.15) is 0 Å². The van der Waals surface area contributed by atoms with E-state index < -0.39 is 28.1 Å². The minimum Gasteiger partial charge on any atom is -0.466 e. The minimum absolute atomic E-state index is 0.0000222. The maximum absolute atomic E-state index is 13.2. The van der Waals surface area contributed by atoms with Gasteiger partial charge in [-0.15, -0.1) is 0 Å². The van der Waals surface area contributed by atoms with Gasteiger partial charge >= 0.3 is 11.9 Å². The highest BCUT2D eigenvalue weighted by atomic mass is 32.2. The van der Waals surface area contributed by atoms with Gasteiger partial charge in [0.2, 0.25) is 6.10 Å². The monoisotopic (exact) mass is 453 g/mol. The number of carbonyl (C=O) groups is 2. The third-order valence-electron chi connectivity index (χ3n) is 4.73. The molecule has 0 heterocycles. The Balaban J connectivity index is 1.90. The molecular formula is C24H23NO6S. The van der Waals surface area contributed by atoms with E-state index in [9.17, 15) is 18.0 Å². The molecule has 8 heteroatoms. The molecule has 1 unspecified atom stereocenters. The quantitative estimate of drug-likeness (QED) is 0.480. The molecule has 166 valence electrons. The number of ether oxygens (including phenoxy) is 2. The van der Waals surface area contributed by atoms with Crippen molar-refractivity contribution in [1.82, 2.24) is 0 Å². The summed E-state index contributed by atoms with van der Waals surface area (Å²) < 4.78 is 37.9. The lowest BCUT2D eigenvalue weighted by Gasteiger charge is -2.23. The summed E-state index contributed by atoms with van der Waals surface area (Å²) in [5.74, 6) is -1.58. The fourth-order valence-electron chi connectivity index (χ4n) is 3.16. The molecular weight excluding hydrogens is 430 g/mol.